The average molecular weight is 443 g/mol. The molecule has 0 atom stereocenters. The van der Waals surface area contributed by atoms with E-state index in [2.05, 4.69) is 65.5 Å². The first-order valence-electron chi connectivity index (χ1n) is 8.52. The summed E-state index contributed by atoms with van der Waals surface area (Å²) in [5.74, 6) is 0.984. The summed E-state index contributed by atoms with van der Waals surface area (Å²) in [5.41, 5.74) is 2.77. The Bertz CT molecular complexity index is 529. The number of guanidine groups is 1. The zero-order chi connectivity index (χ0) is 16.5. The van der Waals surface area contributed by atoms with Crippen molar-refractivity contribution in [3.63, 3.8) is 0 Å². The third-order valence-corrected chi connectivity index (χ3v) is 3.92. The van der Waals surface area contributed by atoms with Crippen LogP contribution in [0.2, 0.25) is 0 Å². The van der Waals surface area contributed by atoms with Gasteiger partial charge in [-0.3, -0.25) is 4.99 Å². The molecule has 2 rings (SSSR count). The summed E-state index contributed by atoms with van der Waals surface area (Å²) in [6.45, 7) is 7.73. The van der Waals surface area contributed by atoms with E-state index >= 15 is 0 Å². The van der Waals surface area contributed by atoms with Crippen LogP contribution in [0.5, 0.6) is 0 Å². The Morgan fingerprint density at radius 3 is 2.62 bits per heavy atom. The average Bonchev–Trinajstić information content (AvgIpc) is 2.59. The van der Waals surface area contributed by atoms with E-state index in [4.69, 9.17) is 4.74 Å². The maximum Gasteiger partial charge on any atom is 0.193 e. The van der Waals surface area contributed by atoms with E-state index in [1.807, 2.05) is 7.05 Å². The first-order valence-corrected chi connectivity index (χ1v) is 8.52. The number of ether oxygens (including phenoxy) is 1. The minimum absolute atomic E-state index is 0. The molecule has 0 saturated heterocycles. The van der Waals surface area contributed by atoms with Crippen LogP contribution in [0.25, 0.3) is 5.57 Å². The Kier molecular flexibility index (Phi) is 10.0. The van der Waals surface area contributed by atoms with Gasteiger partial charge in [0, 0.05) is 33.3 Å². The summed E-state index contributed by atoms with van der Waals surface area (Å²) in [6.07, 6.45) is 4.67. The monoisotopic (exact) mass is 443 g/mol. The minimum atomic E-state index is 0. The predicted octanol–water partition coefficient (Wildman–Crippen LogP) is 3.78. The Balaban J connectivity index is 0.00000288. The van der Waals surface area contributed by atoms with Gasteiger partial charge in [0.1, 0.15) is 0 Å². The number of benzene rings is 1. The lowest BCUT2D eigenvalue weighted by Gasteiger charge is -2.29. The molecule has 0 aliphatic carbocycles. The van der Waals surface area contributed by atoms with Gasteiger partial charge >= 0.3 is 0 Å². The topological polar surface area (TPSA) is 36.9 Å². The number of aliphatic imine (C=N–C) groups is 1. The molecule has 5 heteroatoms. The summed E-state index contributed by atoms with van der Waals surface area (Å²) in [6, 6.07) is 10.6. The van der Waals surface area contributed by atoms with Crippen molar-refractivity contribution in [3.8, 4) is 0 Å². The second kappa shape index (κ2) is 11.5. The Morgan fingerprint density at radius 1 is 1.29 bits per heavy atom. The highest BCUT2D eigenvalue weighted by atomic mass is 127. The van der Waals surface area contributed by atoms with Crippen molar-refractivity contribution < 1.29 is 4.74 Å². The number of hydrogen-bond acceptors (Lipinski definition) is 2. The first-order chi connectivity index (χ1) is 11.2. The van der Waals surface area contributed by atoms with Crippen molar-refractivity contribution in [1.29, 1.82) is 0 Å². The summed E-state index contributed by atoms with van der Waals surface area (Å²) in [7, 11) is 1.85. The summed E-state index contributed by atoms with van der Waals surface area (Å²) >= 11 is 0. The third-order valence-electron chi connectivity index (χ3n) is 3.92. The maximum absolute atomic E-state index is 5.56. The highest BCUT2D eigenvalue weighted by Crippen LogP contribution is 2.21. The van der Waals surface area contributed by atoms with Crippen molar-refractivity contribution in [1.82, 2.24) is 10.2 Å². The van der Waals surface area contributed by atoms with Crippen molar-refractivity contribution in [2.45, 2.75) is 32.8 Å². The fraction of sp³-hybridized carbons (Fsp3) is 0.526. The molecule has 1 aliphatic rings. The van der Waals surface area contributed by atoms with Gasteiger partial charge < -0.3 is 15.0 Å². The molecule has 1 N–H and O–H groups in total. The summed E-state index contributed by atoms with van der Waals surface area (Å²) < 4.78 is 5.56. The van der Waals surface area contributed by atoms with Gasteiger partial charge in [0.05, 0.1) is 6.10 Å². The van der Waals surface area contributed by atoms with Crippen LogP contribution in [0, 0.1) is 0 Å². The van der Waals surface area contributed by atoms with Crippen LogP contribution in [-0.2, 0) is 4.74 Å². The molecule has 1 heterocycles. The van der Waals surface area contributed by atoms with Gasteiger partial charge in [-0.05, 0) is 37.8 Å². The van der Waals surface area contributed by atoms with Crippen molar-refractivity contribution in [2.75, 3.05) is 33.3 Å². The van der Waals surface area contributed by atoms with Gasteiger partial charge in [-0.2, -0.15) is 0 Å². The molecule has 1 aromatic carbocycles. The van der Waals surface area contributed by atoms with E-state index < -0.39 is 0 Å². The molecule has 0 fully saturated rings. The van der Waals surface area contributed by atoms with E-state index in [0.29, 0.717) is 6.10 Å². The smallest absolute Gasteiger partial charge is 0.193 e. The van der Waals surface area contributed by atoms with E-state index in [1.165, 1.54) is 11.1 Å². The summed E-state index contributed by atoms with van der Waals surface area (Å²) in [5, 5.41) is 3.43. The zero-order valence-corrected chi connectivity index (χ0v) is 17.3. The molecule has 0 radical (unpaired) electrons. The highest BCUT2D eigenvalue weighted by molar-refractivity contribution is 14.0. The van der Waals surface area contributed by atoms with E-state index in [-0.39, 0.29) is 24.0 Å². The van der Waals surface area contributed by atoms with Crippen molar-refractivity contribution in [2.24, 2.45) is 4.99 Å². The van der Waals surface area contributed by atoms with Crippen LogP contribution in [0.15, 0.2) is 41.4 Å². The van der Waals surface area contributed by atoms with E-state index in [9.17, 15) is 0 Å². The zero-order valence-electron chi connectivity index (χ0n) is 15.0. The summed E-state index contributed by atoms with van der Waals surface area (Å²) in [4.78, 5) is 6.70. The molecule has 0 saturated carbocycles. The van der Waals surface area contributed by atoms with Crippen LogP contribution >= 0.6 is 24.0 Å². The SMILES string of the molecule is CN=C(NCCCOC(C)C)N1CC=C(c2ccccc2)CC1.I. The second-order valence-electron chi connectivity index (χ2n) is 6.04. The fourth-order valence-electron chi connectivity index (χ4n) is 2.70. The van der Waals surface area contributed by atoms with Gasteiger partial charge in [0.15, 0.2) is 5.96 Å². The largest absolute Gasteiger partial charge is 0.379 e. The standard InChI is InChI=1S/C19H29N3O.HI/c1-16(2)23-15-7-12-21-19(20-3)22-13-10-18(11-14-22)17-8-5-4-6-9-17;/h4-6,8-10,16H,7,11-15H2,1-3H3,(H,20,21);1H. The van der Waals surface area contributed by atoms with Gasteiger partial charge in [-0.15, -0.1) is 24.0 Å². The molecule has 0 unspecified atom stereocenters. The molecular weight excluding hydrogens is 413 g/mol. The second-order valence-corrected chi connectivity index (χ2v) is 6.04. The number of nitrogens with zero attached hydrogens (tertiary/aromatic N) is 2. The molecule has 24 heavy (non-hydrogen) atoms. The van der Waals surface area contributed by atoms with Gasteiger partial charge in [-0.25, -0.2) is 0 Å². The molecule has 1 aromatic rings. The number of hydrogen-bond donors (Lipinski definition) is 1. The van der Waals surface area contributed by atoms with Crippen LogP contribution < -0.4 is 5.32 Å². The number of rotatable bonds is 6. The lowest BCUT2D eigenvalue weighted by Crippen LogP contribution is -2.43. The molecule has 0 spiro atoms. The molecule has 0 aromatic heterocycles. The molecule has 134 valence electrons. The normalized spacial score (nSPS) is 15.1. The molecule has 0 bridgehead atoms. The number of nitrogens with one attached hydrogen (secondary N) is 1. The number of halogens is 1. The predicted molar refractivity (Wildman–Crippen MR) is 113 cm³/mol. The third kappa shape index (κ3) is 6.81. The minimum Gasteiger partial charge on any atom is -0.379 e. The lowest BCUT2D eigenvalue weighted by molar-refractivity contribution is 0.0776. The fourth-order valence-corrected chi connectivity index (χ4v) is 2.70. The van der Waals surface area contributed by atoms with Gasteiger partial charge in [0.2, 0.25) is 0 Å². The van der Waals surface area contributed by atoms with Crippen molar-refractivity contribution >= 4 is 35.5 Å². The molecule has 1 aliphatic heterocycles. The van der Waals surface area contributed by atoms with Crippen LogP contribution in [0.1, 0.15) is 32.3 Å². The Morgan fingerprint density at radius 2 is 2.04 bits per heavy atom. The van der Waals surface area contributed by atoms with Crippen LogP contribution in [0.4, 0.5) is 0 Å². The first kappa shape index (κ1) is 21.0. The Hall–Kier alpha value is -1.08. The van der Waals surface area contributed by atoms with E-state index in [0.717, 1.165) is 45.0 Å². The quantitative estimate of drug-likeness (QED) is 0.315. The van der Waals surface area contributed by atoms with E-state index in [1.54, 1.807) is 0 Å². The van der Waals surface area contributed by atoms with Crippen molar-refractivity contribution in [3.05, 3.63) is 42.0 Å². The molecular formula is C19H30IN3O. The maximum atomic E-state index is 5.56. The lowest BCUT2D eigenvalue weighted by atomic mass is 10.00. The molecule has 0 amide bonds. The van der Waals surface area contributed by atoms with Crippen LogP contribution in [0.3, 0.4) is 0 Å². The van der Waals surface area contributed by atoms with Gasteiger partial charge in [-0.1, -0.05) is 36.4 Å². The Labute approximate surface area is 163 Å². The van der Waals surface area contributed by atoms with Gasteiger partial charge in [0.25, 0.3) is 0 Å². The molecule has 4 nitrogen and oxygen atoms in total. The van der Waals surface area contributed by atoms with Crippen LogP contribution in [-0.4, -0.2) is 50.3 Å². The highest BCUT2D eigenvalue weighted by Gasteiger charge is 2.15.